The predicted molar refractivity (Wildman–Crippen MR) is 296 cm³/mol. The molecule has 2 aliphatic carbocycles. The number of halogens is 5. The average molecular weight is 1140 g/mol. The van der Waals surface area contributed by atoms with Gasteiger partial charge in [0, 0.05) is 68.9 Å². The van der Waals surface area contributed by atoms with E-state index >= 15 is 0 Å². The van der Waals surface area contributed by atoms with Crippen molar-refractivity contribution in [3.63, 3.8) is 0 Å². The Morgan fingerprint density at radius 3 is 1.32 bits per heavy atom. The lowest BCUT2D eigenvalue weighted by molar-refractivity contribution is -0.384. The summed E-state index contributed by atoms with van der Waals surface area (Å²) in [6.45, 7) is 1.24. The van der Waals surface area contributed by atoms with Crippen LogP contribution in [0.5, 0.6) is 0 Å². The number of esters is 2. The Balaban J connectivity index is 0.000000267. The molecule has 14 nitrogen and oxygen atoms in total. The van der Waals surface area contributed by atoms with Gasteiger partial charge in [-0.25, -0.2) is 9.59 Å². The number of anilines is 1. The second kappa shape index (κ2) is 30.2. The summed E-state index contributed by atoms with van der Waals surface area (Å²) in [5, 5.41) is 20.6. The molecule has 2 fully saturated rings. The number of ether oxygens (including phenoxy) is 4. The zero-order chi connectivity index (χ0) is 53.7. The number of methoxy groups -OCH3 is 4. The molecule has 1 amide bonds. The normalized spacial score (nSPS) is 14.9. The van der Waals surface area contributed by atoms with Crippen molar-refractivity contribution < 1.29 is 43.0 Å². The first-order valence-electron chi connectivity index (χ1n) is 23.3. The molecule has 0 heterocycles. The fourth-order valence-electron chi connectivity index (χ4n) is 8.72. The third-order valence-corrected chi connectivity index (χ3v) is 15.4. The lowest BCUT2D eigenvalue weighted by Crippen LogP contribution is -2.48. The molecule has 6 rings (SSSR count). The molecule has 3 N–H and O–H groups in total. The van der Waals surface area contributed by atoms with Gasteiger partial charge in [-0.15, -0.1) is 0 Å². The van der Waals surface area contributed by atoms with E-state index in [9.17, 15) is 29.3 Å². The van der Waals surface area contributed by atoms with Crippen LogP contribution in [-0.4, -0.2) is 91.7 Å². The molecule has 0 bridgehead atoms. The second-order valence-electron chi connectivity index (χ2n) is 17.5. The van der Waals surface area contributed by atoms with Gasteiger partial charge in [-0.1, -0.05) is 133 Å². The highest BCUT2D eigenvalue weighted by Gasteiger charge is 2.40. The van der Waals surface area contributed by atoms with Crippen LogP contribution in [0.25, 0.3) is 0 Å². The van der Waals surface area contributed by atoms with Crippen LogP contribution in [0, 0.1) is 20.9 Å². The Hall–Kier alpha value is -4.49. The number of carbonyl (C=O) groups excluding carboxylic acids is 4. The lowest BCUT2D eigenvalue weighted by atomic mass is 9.82. The lowest BCUT2D eigenvalue weighted by Gasteiger charge is -2.32. The number of benzene rings is 4. The fourth-order valence-corrected chi connectivity index (χ4v) is 11.1. The summed E-state index contributed by atoms with van der Waals surface area (Å²) in [6.07, 6.45) is 10.7. The molecule has 394 valence electrons. The fraction of sp³-hybridized carbons (Fsp3) is 0.423. The second-order valence-corrected chi connectivity index (χ2v) is 20.3. The molecule has 4 aromatic rings. The van der Waals surface area contributed by atoms with Crippen molar-refractivity contribution in [3.05, 3.63) is 137 Å². The highest BCUT2D eigenvalue weighted by Crippen LogP contribution is 2.43. The van der Waals surface area contributed by atoms with Gasteiger partial charge in [0.25, 0.3) is 16.8 Å². The molecule has 0 radical (unpaired) electrons. The summed E-state index contributed by atoms with van der Waals surface area (Å²) in [4.78, 5) is 59.9. The van der Waals surface area contributed by atoms with E-state index in [1.54, 1.807) is 74.9 Å². The highest BCUT2D eigenvalue weighted by molar-refractivity contribution is 7.80. The maximum Gasteiger partial charge on any atom is 0.328 e. The van der Waals surface area contributed by atoms with Gasteiger partial charge in [0.1, 0.15) is 12.1 Å². The van der Waals surface area contributed by atoms with Crippen LogP contribution in [0.1, 0.15) is 96.1 Å². The molecule has 4 aromatic carbocycles. The van der Waals surface area contributed by atoms with Crippen molar-refractivity contribution in [1.82, 2.24) is 10.6 Å². The molecule has 0 unspecified atom stereocenters. The van der Waals surface area contributed by atoms with E-state index in [2.05, 4.69) is 16.0 Å². The molecule has 2 atom stereocenters. The molecule has 0 spiro atoms. The van der Waals surface area contributed by atoms with Gasteiger partial charge in [0.2, 0.25) is 0 Å². The minimum Gasteiger partial charge on any atom is -0.467 e. The highest BCUT2D eigenvalue weighted by atomic mass is 35.5. The van der Waals surface area contributed by atoms with Crippen LogP contribution in [-0.2, 0) is 41.4 Å². The topological polar surface area (TPSA) is 184 Å². The van der Waals surface area contributed by atoms with E-state index in [4.69, 9.17) is 101 Å². The minimum absolute atomic E-state index is 0.0151. The molecule has 21 heteroatoms. The smallest absolute Gasteiger partial charge is 0.328 e. The first-order valence-corrected chi connectivity index (χ1v) is 26.0. The van der Waals surface area contributed by atoms with Crippen molar-refractivity contribution in [2.45, 2.75) is 89.1 Å². The molecule has 0 aliphatic heterocycles. The van der Waals surface area contributed by atoms with Gasteiger partial charge in [-0.05, 0) is 97.7 Å². The Labute approximate surface area is 461 Å². The van der Waals surface area contributed by atoms with Gasteiger partial charge in [0.05, 0.1) is 60.3 Å². The standard InChI is InChI=1S/C26H30Cl2N2O4S.C19H26N2O5S.C7H3Cl3O/c1-33-15-14-26(12-3-4-13-26)25(35)30-21(24(32)34-2)16-17-8-10-18(11-9-17)29-23(31)22-19(27)6-5-7-20(22)28;1-25-12-11-19(9-3-4-10-19)18(27)20-16(17(22)26-2)13-14-5-7-15(8-6-14)21(23)24;8-4-2-1-3-5(9)6(4)7(10)11/h5-11,21H,3-4,12-16H2,1-2H3,(H,29,31)(H,30,35);5-8,16H,3-4,9-13H2,1-2H3,(H,20,27);1-3H/t21-;16-;/m00./s1. The Morgan fingerprint density at radius 1 is 0.616 bits per heavy atom. The van der Waals surface area contributed by atoms with E-state index in [0.717, 1.165) is 75.3 Å². The summed E-state index contributed by atoms with van der Waals surface area (Å²) in [6, 6.07) is 21.8. The number of carbonyl (C=O) groups is 4. The number of non-ortho nitro benzene ring substituents is 1. The van der Waals surface area contributed by atoms with Crippen molar-refractivity contribution in [2.75, 3.05) is 47.0 Å². The molecule has 0 saturated heterocycles. The summed E-state index contributed by atoms with van der Waals surface area (Å²) in [5.41, 5.74) is 2.37. The summed E-state index contributed by atoms with van der Waals surface area (Å²) in [7, 11) is 6.07. The summed E-state index contributed by atoms with van der Waals surface area (Å²) >= 11 is 40.2. The Kier molecular flexibility index (Phi) is 25.2. The van der Waals surface area contributed by atoms with Crippen molar-refractivity contribution in [2.24, 2.45) is 10.8 Å². The van der Waals surface area contributed by atoms with Crippen molar-refractivity contribution >= 4 is 127 Å². The number of hydrogen-bond acceptors (Lipinski definition) is 12. The number of hydrogen-bond donors (Lipinski definition) is 3. The van der Waals surface area contributed by atoms with Gasteiger partial charge >= 0.3 is 11.9 Å². The largest absolute Gasteiger partial charge is 0.467 e. The molecular formula is C52H59Cl5N4O10S2. The number of rotatable bonds is 20. The number of nitrogens with zero attached hydrogens (tertiary/aromatic N) is 1. The number of nitro benzene ring substituents is 1. The first kappa shape index (κ1) is 61.1. The zero-order valence-corrected chi connectivity index (χ0v) is 46.3. The van der Waals surface area contributed by atoms with Gasteiger partial charge in [0.15, 0.2) is 0 Å². The van der Waals surface area contributed by atoms with Crippen LogP contribution >= 0.6 is 82.4 Å². The van der Waals surface area contributed by atoms with Crippen LogP contribution in [0.15, 0.2) is 84.9 Å². The molecule has 2 aliphatic rings. The van der Waals surface area contributed by atoms with E-state index in [1.807, 2.05) is 12.1 Å². The average Bonchev–Trinajstić information content (AvgIpc) is 4.07. The molecule has 73 heavy (non-hydrogen) atoms. The maximum absolute atomic E-state index is 12.6. The van der Waals surface area contributed by atoms with E-state index in [0.29, 0.717) is 41.7 Å². The van der Waals surface area contributed by atoms with E-state index in [-0.39, 0.29) is 53.7 Å². The zero-order valence-electron chi connectivity index (χ0n) is 40.9. The number of thiocarbonyl (C=S) groups is 2. The quantitative estimate of drug-likeness (QED) is 0.0250. The van der Waals surface area contributed by atoms with Crippen molar-refractivity contribution in [3.8, 4) is 0 Å². The minimum atomic E-state index is -0.638. The van der Waals surface area contributed by atoms with Crippen LogP contribution in [0.3, 0.4) is 0 Å². The molecule has 2 saturated carbocycles. The van der Waals surface area contributed by atoms with E-state index < -0.39 is 34.1 Å². The summed E-state index contributed by atoms with van der Waals surface area (Å²) < 4.78 is 20.5. The molecular weight excluding hydrogens is 1080 g/mol. The van der Waals surface area contributed by atoms with Crippen LogP contribution in [0.2, 0.25) is 20.1 Å². The number of nitro groups is 1. The monoisotopic (exact) mass is 1140 g/mol. The maximum atomic E-state index is 12.6. The predicted octanol–water partition coefficient (Wildman–Crippen LogP) is 12.4. The Bertz CT molecular complexity index is 2500. The first-order chi connectivity index (χ1) is 34.8. The third kappa shape index (κ3) is 17.8. The molecule has 0 aromatic heterocycles. The number of amides is 1. The van der Waals surface area contributed by atoms with Crippen molar-refractivity contribution in [1.29, 1.82) is 0 Å². The van der Waals surface area contributed by atoms with Gasteiger partial charge < -0.3 is 34.9 Å². The van der Waals surface area contributed by atoms with Gasteiger partial charge in [-0.3, -0.25) is 19.7 Å². The van der Waals surface area contributed by atoms with Crippen LogP contribution < -0.4 is 16.0 Å². The Morgan fingerprint density at radius 2 is 0.986 bits per heavy atom. The summed E-state index contributed by atoms with van der Waals surface area (Å²) in [5.74, 6) is -1.18. The van der Waals surface area contributed by atoms with Gasteiger partial charge in [-0.2, -0.15) is 0 Å². The van der Waals surface area contributed by atoms with Crippen LogP contribution in [0.4, 0.5) is 11.4 Å². The van der Waals surface area contributed by atoms with E-state index in [1.165, 1.54) is 26.4 Å². The number of nitrogens with one attached hydrogen (secondary N) is 3. The SMILES string of the molecule is COCCC1(C(=S)N[C@@H](Cc2ccc(NC(=O)c3c(Cl)cccc3Cl)cc2)C(=O)OC)CCCC1.COCCC1(C(=S)N[C@@H](Cc2ccc([N+](=O)[O-])cc2)C(=O)OC)CCCC1.O=C(Cl)c1c(Cl)cccc1Cl. The third-order valence-electron chi connectivity index (χ3n) is 12.8.